The molecule has 0 saturated carbocycles. The smallest absolute Gasteiger partial charge is 0.251 e. The van der Waals surface area contributed by atoms with Gasteiger partial charge in [-0.2, -0.15) is 0 Å². The van der Waals surface area contributed by atoms with Crippen LogP contribution in [0.2, 0.25) is 0 Å². The van der Waals surface area contributed by atoms with Crippen LogP contribution in [-0.4, -0.2) is 62.6 Å². The van der Waals surface area contributed by atoms with E-state index in [1.54, 1.807) is 7.05 Å². The Bertz CT molecular complexity index is 423. The molecule has 18 heavy (non-hydrogen) atoms. The fourth-order valence-corrected chi connectivity index (χ4v) is 4.32. The molecule has 2 saturated heterocycles. The van der Waals surface area contributed by atoms with Gasteiger partial charge in [-0.25, -0.2) is 8.42 Å². The molecule has 0 radical (unpaired) electrons. The first-order chi connectivity index (χ1) is 8.43. The molecule has 2 aliphatic rings. The van der Waals surface area contributed by atoms with Crippen LogP contribution in [0.15, 0.2) is 0 Å². The summed E-state index contributed by atoms with van der Waals surface area (Å²) in [5, 5.41) is 0. The van der Waals surface area contributed by atoms with Crippen LogP contribution < -0.4 is 5.73 Å². The van der Waals surface area contributed by atoms with Crippen molar-refractivity contribution in [2.75, 3.05) is 25.1 Å². The van der Waals surface area contributed by atoms with Crippen molar-refractivity contribution in [3.8, 4) is 0 Å². The van der Waals surface area contributed by atoms with Gasteiger partial charge in [0.05, 0.1) is 17.6 Å². The van der Waals surface area contributed by atoms with Crippen LogP contribution >= 0.6 is 0 Å². The van der Waals surface area contributed by atoms with E-state index in [1.807, 2.05) is 0 Å². The van der Waals surface area contributed by atoms with Crippen LogP contribution in [0.4, 0.5) is 0 Å². The molecular formula is C11H20N2O4S. The fourth-order valence-electron chi connectivity index (χ4n) is 2.55. The SMILES string of the molecule is CN(C(=O)C1CCC(CN)O1)C1CCS(=O)(=O)C1. The highest BCUT2D eigenvalue weighted by atomic mass is 32.2. The summed E-state index contributed by atoms with van der Waals surface area (Å²) in [5.41, 5.74) is 5.50. The van der Waals surface area contributed by atoms with Gasteiger partial charge in [-0.05, 0) is 19.3 Å². The summed E-state index contributed by atoms with van der Waals surface area (Å²) in [6, 6.07) is -0.206. The zero-order valence-corrected chi connectivity index (χ0v) is 11.4. The molecule has 6 nitrogen and oxygen atoms in total. The highest BCUT2D eigenvalue weighted by Crippen LogP contribution is 2.23. The van der Waals surface area contributed by atoms with E-state index in [9.17, 15) is 13.2 Å². The Balaban J connectivity index is 1.94. The van der Waals surface area contributed by atoms with Crippen LogP contribution in [0.1, 0.15) is 19.3 Å². The number of ether oxygens (including phenoxy) is 1. The van der Waals surface area contributed by atoms with Crippen molar-refractivity contribution in [1.82, 2.24) is 4.90 Å². The molecule has 0 spiro atoms. The molecule has 0 aromatic rings. The van der Waals surface area contributed by atoms with Crippen LogP contribution in [0, 0.1) is 0 Å². The molecule has 3 atom stereocenters. The molecule has 2 heterocycles. The van der Waals surface area contributed by atoms with Crippen molar-refractivity contribution in [3.05, 3.63) is 0 Å². The van der Waals surface area contributed by atoms with Gasteiger partial charge in [0, 0.05) is 19.6 Å². The lowest BCUT2D eigenvalue weighted by Gasteiger charge is -2.26. The van der Waals surface area contributed by atoms with Gasteiger partial charge in [0.1, 0.15) is 6.10 Å². The fraction of sp³-hybridized carbons (Fsp3) is 0.909. The summed E-state index contributed by atoms with van der Waals surface area (Å²) >= 11 is 0. The van der Waals surface area contributed by atoms with Gasteiger partial charge in [0.2, 0.25) is 0 Å². The Morgan fingerprint density at radius 2 is 2.11 bits per heavy atom. The second-order valence-electron chi connectivity index (χ2n) is 5.07. The zero-order valence-electron chi connectivity index (χ0n) is 10.5. The lowest BCUT2D eigenvalue weighted by molar-refractivity contribution is -0.143. The average Bonchev–Trinajstić information content (AvgIpc) is 2.93. The normalized spacial score (nSPS) is 34.7. The number of carbonyl (C=O) groups is 1. The number of hydrogen-bond acceptors (Lipinski definition) is 5. The Kier molecular flexibility index (Phi) is 3.93. The first kappa shape index (κ1) is 13.8. The van der Waals surface area contributed by atoms with Gasteiger partial charge in [-0.1, -0.05) is 0 Å². The third kappa shape index (κ3) is 2.84. The number of nitrogens with two attached hydrogens (primary N) is 1. The molecule has 2 N–H and O–H groups in total. The molecule has 1 amide bonds. The van der Waals surface area contributed by atoms with E-state index in [4.69, 9.17) is 10.5 Å². The molecule has 104 valence electrons. The number of hydrogen-bond donors (Lipinski definition) is 1. The minimum Gasteiger partial charge on any atom is -0.364 e. The van der Waals surface area contributed by atoms with Crippen molar-refractivity contribution in [2.24, 2.45) is 5.73 Å². The van der Waals surface area contributed by atoms with Gasteiger partial charge in [-0.15, -0.1) is 0 Å². The predicted octanol–water partition coefficient (Wildman–Crippen LogP) is -0.862. The Hall–Kier alpha value is -0.660. The summed E-state index contributed by atoms with van der Waals surface area (Å²) in [6.07, 6.45) is 1.50. The van der Waals surface area contributed by atoms with E-state index in [0.717, 1.165) is 6.42 Å². The van der Waals surface area contributed by atoms with Crippen LogP contribution in [0.25, 0.3) is 0 Å². The second kappa shape index (κ2) is 5.14. The third-order valence-electron chi connectivity index (χ3n) is 3.75. The van der Waals surface area contributed by atoms with Crippen molar-refractivity contribution in [1.29, 1.82) is 0 Å². The van der Waals surface area contributed by atoms with Crippen molar-refractivity contribution in [2.45, 2.75) is 37.5 Å². The van der Waals surface area contributed by atoms with Crippen LogP contribution in [0.5, 0.6) is 0 Å². The standard InChI is InChI=1S/C11H20N2O4S/c1-13(8-4-5-18(15,16)7-8)11(14)10-3-2-9(6-12)17-10/h8-10H,2-7,12H2,1H3. The monoisotopic (exact) mass is 276 g/mol. The van der Waals surface area contributed by atoms with E-state index in [0.29, 0.717) is 19.4 Å². The van der Waals surface area contributed by atoms with Gasteiger partial charge >= 0.3 is 0 Å². The number of carbonyl (C=O) groups excluding carboxylic acids is 1. The highest BCUT2D eigenvalue weighted by Gasteiger charge is 2.37. The quantitative estimate of drug-likeness (QED) is 0.724. The molecule has 3 unspecified atom stereocenters. The number of sulfone groups is 1. The van der Waals surface area contributed by atoms with E-state index in [1.165, 1.54) is 4.90 Å². The summed E-state index contributed by atoms with van der Waals surface area (Å²) in [4.78, 5) is 13.7. The van der Waals surface area contributed by atoms with E-state index in [2.05, 4.69) is 0 Å². The lowest BCUT2D eigenvalue weighted by Crippen LogP contribution is -2.43. The van der Waals surface area contributed by atoms with Gasteiger partial charge < -0.3 is 15.4 Å². The number of likely N-dealkylation sites (N-methyl/N-ethyl adjacent to an activating group) is 1. The van der Waals surface area contributed by atoms with Gasteiger partial charge in [-0.3, -0.25) is 4.79 Å². The Morgan fingerprint density at radius 3 is 2.61 bits per heavy atom. The van der Waals surface area contributed by atoms with Gasteiger partial charge in [0.25, 0.3) is 5.91 Å². The summed E-state index contributed by atoms with van der Waals surface area (Å²) in [6.45, 7) is 0.422. The molecule has 2 fully saturated rings. The van der Waals surface area contributed by atoms with E-state index >= 15 is 0 Å². The average molecular weight is 276 g/mol. The summed E-state index contributed by atoms with van der Waals surface area (Å²) in [7, 11) is -1.31. The van der Waals surface area contributed by atoms with E-state index in [-0.39, 0.29) is 29.6 Å². The number of amides is 1. The minimum absolute atomic E-state index is 0.0420. The summed E-state index contributed by atoms with van der Waals surface area (Å²) < 4.78 is 28.3. The van der Waals surface area contributed by atoms with Crippen molar-refractivity contribution in [3.63, 3.8) is 0 Å². The largest absolute Gasteiger partial charge is 0.364 e. The maximum atomic E-state index is 12.2. The molecule has 7 heteroatoms. The molecule has 0 aliphatic carbocycles. The second-order valence-corrected chi connectivity index (χ2v) is 7.29. The maximum Gasteiger partial charge on any atom is 0.251 e. The lowest BCUT2D eigenvalue weighted by atomic mass is 10.1. The molecule has 2 rings (SSSR count). The molecular weight excluding hydrogens is 256 g/mol. The van der Waals surface area contributed by atoms with Crippen molar-refractivity contribution >= 4 is 15.7 Å². The van der Waals surface area contributed by atoms with E-state index < -0.39 is 15.9 Å². The minimum atomic E-state index is -2.97. The number of nitrogens with zero attached hydrogens (tertiary/aromatic N) is 1. The number of rotatable bonds is 3. The first-order valence-corrected chi connectivity index (χ1v) is 8.07. The zero-order chi connectivity index (χ0) is 13.3. The highest BCUT2D eigenvalue weighted by molar-refractivity contribution is 7.91. The molecule has 0 aromatic heterocycles. The third-order valence-corrected chi connectivity index (χ3v) is 5.50. The Morgan fingerprint density at radius 1 is 1.39 bits per heavy atom. The van der Waals surface area contributed by atoms with Crippen molar-refractivity contribution < 1.29 is 17.9 Å². The first-order valence-electron chi connectivity index (χ1n) is 6.25. The Labute approximate surface area is 107 Å². The maximum absolute atomic E-state index is 12.2. The summed E-state index contributed by atoms with van der Waals surface area (Å²) in [5.74, 6) is 0.127. The van der Waals surface area contributed by atoms with Crippen LogP contribution in [0.3, 0.4) is 0 Å². The molecule has 0 aromatic carbocycles. The predicted molar refractivity (Wildman–Crippen MR) is 66.8 cm³/mol. The van der Waals surface area contributed by atoms with Gasteiger partial charge in [0.15, 0.2) is 9.84 Å². The molecule has 0 bridgehead atoms. The molecule has 2 aliphatic heterocycles. The topological polar surface area (TPSA) is 89.7 Å². The van der Waals surface area contributed by atoms with Crippen LogP contribution in [-0.2, 0) is 19.4 Å².